The molecule has 1 aromatic carbocycles. The van der Waals surface area contributed by atoms with Crippen LogP contribution < -0.4 is 10.4 Å². The van der Waals surface area contributed by atoms with E-state index in [1.54, 1.807) is 17.9 Å². The van der Waals surface area contributed by atoms with Gasteiger partial charge in [0.05, 0.1) is 6.07 Å². The van der Waals surface area contributed by atoms with Crippen LogP contribution in [-0.4, -0.2) is 30.0 Å². The summed E-state index contributed by atoms with van der Waals surface area (Å²) < 4.78 is 23.7. The van der Waals surface area contributed by atoms with Crippen LogP contribution in [0, 0.1) is 12.7 Å². The Balaban J connectivity index is 1.58. The molecule has 0 saturated carbocycles. The Morgan fingerprint density at radius 2 is 1.88 bits per heavy atom. The molecule has 6 heteroatoms. The van der Waals surface area contributed by atoms with Crippen molar-refractivity contribution in [1.82, 2.24) is 4.90 Å². The van der Waals surface area contributed by atoms with Crippen molar-refractivity contribution in [3.63, 3.8) is 0 Å². The summed E-state index contributed by atoms with van der Waals surface area (Å²) in [4.78, 5) is 25.5. The van der Waals surface area contributed by atoms with Crippen LogP contribution in [0.4, 0.5) is 4.39 Å². The van der Waals surface area contributed by atoms with Gasteiger partial charge in [0.25, 0.3) is 5.91 Å². The van der Waals surface area contributed by atoms with Gasteiger partial charge in [-0.1, -0.05) is 0 Å². The van der Waals surface area contributed by atoms with Crippen LogP contribution in [-0.2, 0) is 0 Å². The lowest BCUT2D eigenvalue weighted by Gasteiger charge is -2.32. The molecular weight excluding hydrogens is 313 g/mol. The van der Waals surface area contributed by atoms with Crippen molar-refractivity contribution < 1.29 is 18.3 Å². The molecule has 2 aromatic rings. The zero-order valence-electron chi connectivity index (χ0n) is 13.3. The molecule has 3 rings (SSSR count). The van der Waals surface area contributed by atoms with E-state index in [4.69, 9.17) is 9.15 Å². The first-order valence-electron chi connectivity index (χ1n) is 7.84. The smallest absolute Gasteiger partial charge is 0.339 e. The van der Waals surface area contributed by atoms with Crippen molar-refractivity contribution in [3.05, 3.63) is 64.0 Å². The standard InChI is InChI=1S/C18H18FNO4/c1-12-10-16(11-17(21)23-12)24-15-6-8-20(9-7-15)18(22)13-2-4-14(19)5-3-13/h2-5,10-11,15H,6-9H2,1H3. The Morgan fingerprint density at radius 3 is 2.50 bits per heavy atom. The number of carbonyl (C=O) groups is 1. The molecule has 126 valence electrons. The molecule has 0 atom stereocenters. The van der Waals surface area contributed by atoms with Crippen LogP contribution in [0.5, 0.6) is 5.75 Å². The molecule has 1 aliphatic heterocycles. The van der Waals surface area contributed by atoms with Gasteiger partial charge in [0.2, 0.25) is 0 Å². The average Bonchev–Trinajstić information content (AvgIpc) is 2.55. The molecule has 0 radical (unpaired) electrons. The fourth-order valence-corrected chi connectivity index (χ4v) is 2.79. The van der Waals surface area contributed by atoms with E-state index in [0.717, 1.165) is 0 Å². The van der Waals surface area contributed by atoms with Crippen LogP contribution in [0.15, 0.2) is 45.6 Å². The Labute approximate surface area is 138 Å². The zero-order chi connectivity index (χ0) is 17.1. The van der Waals surface area contributed by atoms with Crippen molar-refractivity contribution >= 4 is 5.91 Å². The average molecular weight is 331 g/mol. The molecule has 24 heavy (non-hydrogen) atoms. The maximum absolute atomic E-state index is 12.9. The zero-order valence-corrected chi connectivity index (χ0v) is 13.3. The minimum atomic E-state index is -0.436. The Bertz CT molecular complexity index is 776. The lowest BCUT2D eigenvalue weighted by molar-refractivity contribution is 0.0594. The number of carbonyl (C=O) groups excluding carboxylic acids is 1. The first-order chi connectivity index (χ1) is 11.5. The van der Waals surface area contributed by atoms with Gasteiger partial charge in [0.15, 0.2) is 0 Å². The van der Waals surface area contributed by atoms with Crippen LogP contribution in [0.1, 0.15) is 29.0 Å². The normalized spacial score (nSPS) is 15.3. The molecule has 1 aromatic heterocycles. The summed E-state index contributed by atoms with van der Waals surface area (Å²) >= 11 is 0. The van der Waals surface area contributed by atoms with E-state index in [1.807, 2.05) is 0 Å². The summed E-state index contributed by atoms with van der Waals surface area (Å²) in [5.74, 6) is 0.527. The summed E-state index contributed by atoms with van der Waals surface area (Å²) in [7, 11) is 0. The summed E-state index contributed by atoms with van der Waals surface area (Å²) in [5.41, 5.74) is 0.0426. The van der Waals surface area contributed by atoms with Crippen LogP contribution >= 0.6 is 0 Å². The van der Waals surface area contributed by atoms with E-state index in [-0.39, 0.29) is 17.8 Å². The number of nitrogens with zero attached hydrogens (tertiary/aromatic N) is 1. The van der Waals surface area contributed by atoms with E-state index in [0.29, 0.717) is 43.0 Å². The highest BCUT2D eigenvalue weighted by atomic mass is 19.1. The number of hydrogen-bond acceptors (Lipinski definition) is 4. The van der Waals surface area contributed by atoms with Gasteiger partial charge in [-0.2, -0.15) is 0 Å². The number of benzene rings is 1. The van der Waals surface area contributed by atoms with Crippen molar-refractivity contribution in [3.8, 4) is 5.75 Å². The van der Waals surface area contributed by atoms with Crippen LogP contribution in [0.3, 0.4) is 0 Å². The van der Waals surface area contributed by atoms with Crippen LogP contribution in [0.25, 0.3) is 0 Å². The van der Waals surface area contributed by atoms with E-state index in [1.165, 1.54) is 30.3 Å². The van der Waals surface area contributed by atoms with E-state index < -0.39 is 5.63 Å². The third-order valence-corrected chi connectivity index (χ3v) is 3.99. The number of amides is 1. The molecule has 1 saturated heterocycles. The number of halogens is 1. The molecule has 2 heterocycles. The second-order valence-electron chi connectivity index (χ2n) is 5.84. The predicted molar refractivity (Wildman–Crippen MR) is 85.7 cm³/mol. The van der Waals surface area contributed by atoms with E-state index in [2.05, 4.69) is 0 Å². The second-order valence-corrected chi connectivity index (χ2v) is 5.84. The van der Waals surface area contributed by atoms with Crippen molar-refractivity contribution in [1.29, 1.82) is 0 Å². The molecule has 0 aliphatic carbocycles. The number of aryl methyl sites for hydroxylation is 1. The van der Waals surface area contributed by atoms with Crippen molar-refractivity contribution in [2.24, 2.45) is 0 Å². The molecule has 0 spiro atoms. The van der Waals surface area contributed by atoms with Gasteiger partial charge in [-0.15, -0.1) is 0 Å². The highest BCUT2D eigenvalue weighted by molar-refractivity contribution is 5.94. The highest BCUT2D eigenvalue weighted by Crippen LogP contribution is 2.20. The lowest BCUT2D eigenvalue weighted by Crippen LogP contribution is -2.41. The summed E-state index contributed by atoms with van der Waals surface area (Å²) in [6, 6.07) is 8.55. The van der Waals surface area contributed by atoms with Crippen molar-refractivity contribution in [2.45, 2.75) is 25.9 Å². The summed E-state index contributed by atoms with van der Waals surface area (Å²) in [6.07, 6.45) is 1.29. The number of hydrogen-bond donors (Lipinski definition) is 0. The number of rotatable bonds is 3. The fraction of sp³-hybridized carbons (Fsp3) is 0.333. The molecule has 1 fully saturated rings. The molecular formula is C18H18FNO4. The maximum atomic E-state index is 12.9. The third-order valence-electron chi connectivity index (χ3n) is 3.99. The Hall–Kier alpha value is -2.63. The first kappa shape index (κ1) is 16.2. The molecule has 5 nitrogen and oxygen atoms in total. The SMILES string of the molecule is Cc1cc(OC2CCN(C(=O)c3ccc(F)cc3)CC2)cc(=O)o1. The van der Waals surface area contributed by atoms with Gasteiger partial charge < -0.3 is 14.1 Å². The molecule has 1 amide bonds. The number of likely N-dealkylation sites (tertiary alicyclic amines) is 1. The monoisotopic (exact) mass is 331 g/mol. The molecule has 0 N–H and O–H groups in total. The fourth-order valence-electron chi connectivity index (χ4n) is 2.79. The van der Waals surface area contributed by atoms with Gasteiger partial charge in [-0.05, 0) is 31.2 Å². The highest BCUT2D eigenvalue weighted by Gasteiger charge is 2.25. The van der Waals surface area contributed by atoms with E-state index in [9.17, 15) is 14.0 Å². The quantitative estimate of drug-likeness (QED) is 0.868. The minimum absolute atomic E-state index is 0.0523. The van der Waals surface area contributed by atoms with Gasteiger partial charge in [0, 0.05) is 37.6 Å². The van der Waals surface area contributed by atoms with Gasteiger partial charge >= 0.3 is 5.63 Å². The van der Waals surface area contributed by atoms with E-state index >= 15 is 0 Å². The maximum Gasteiger partial charge on any atom is 0.339 e. The predicted octanol–water partition coefficient (Wildman–Crippen LogP) is 2.77. The summed E-state index contributed by atoms with van der Waals surface area (Å²) in [6.45, 7) is 2.81. The summed E-state index contributed by atoms with van der Waals surface area (Å²) in [5, 5.41) is 0. The Morgan fingerprint density at radius 1 is 1.21 bits per heavy atom. The molecule has 1 aliphatic rings. The lowest BCUT2D eigenvalue weighted by atomic mass is 10.1. The number of ether oxygens (including phenoxy) is 1. The van der Waals surface area contributed by atoms with Gasteiger partial charge in [0.1, 0.15) is 23.4 Å². The van der Waals surface area contributed by atoms with Crippen LogP contribution in [0.2, 0.25) is 0 Å². The minimum Gasteiger partial charge on any atom is -0.490 e. The Kier molecular flexibility index (Phi) is 4.64. The first-order valence-corrected chi connectivity index (χ1v) is 7.84. The van der Waals surface area contributed by atoms with Gasteiger partial charge in [-0.3, -0.25) is 4.79 Å². The molecule has 0 bridgehead atoms. The number of piperidine rings is 1. The van der Waals surface area contributed by atoms with Crippen molar-refractivity contribution in [2.75, 3.05) is 13.1 Å². The second kappa shape index (κ2) is 6.86. The molecule has 0 unspecified atom stereocenters. The third kappa shape index (κ3) is 3.82. The topological polar surface area (TPSA) is 59.8 Å². The van der Waals surface area contributed by atoms with Gasteiger partial charge in [-0.25, -0.2) is 9.18 Å². The largest absolute Gasteiger partial charge is 0.490 e.